The predicted octanol–water partition coefficient (Wildman–Crippen LogP) is 2.26. The largest absolute Gasteiger partial charge is 0.453 e. The van der Waals surface area contributed by atoms with E-state index in [1.165, 1.54) is 7.11 Å². The molecule has 0 radical (unpaired) electrons. The smallest absolute Gasteiger partial charge is 0.407 e. The molecule has 0 aromatic carbocycles. The Morgan fingerprint density at radius 2 is 1.81 bits per heavy atom. The summed E-state index contributed by atoms with van der Waals surface area (Å²) in [6.45, 7) is 9.12. The normalized spacial score (nSPS) is 25.3. The first-order valence-corrected chi connectivity index (χ1v) is 12.3. The Balaban J connectivity index is 2.06. The maximum atomic E-state index is 13.5. The molecule has 31 heavy (non-hydrogen) atoms. The van der Waals surface area contributed by atoms with Crippen LogP contribution in [-0.4, -0.2) is 71.1 Å². The molecule has 8 nitrogen and oxygen atoms in total. The molecule has 9 heteroatoms. The first-order chi connectivity index (χ1) is 14.5. The number of nitrogens with zero attached hydrogens (tertiary/aromatic N) is 1. The number of thioether (sulfide) groups is 1. The van der Waals surface area contributed by atoms with E-state index in [2.05, 4.69) is 24.5 Å². The second-order valence-electron chi connectivity index (χ2n) is 9.55. The van der Waals surface area contributed by atoms with Crippen LogP contribution in [0.1, 0.15) is 66.2 Å². The Hall–Kier alpha value is -1.48. The number of nitrogens with two attached hydrogens (primary N) is 1. The first-order valence-electron chi connectivity index (χ1n) is 11.4. The fourth-order valence-corrected chi connectivity index (χ4v) is 6.12. The molecule has 3 amide bonds. The van der Waals surface area contributed by atoms with Gasteiger partial charge in [0.15, 0.2) is 0 Å². The lowest BCUT2D eigenvalue weighted by atomic mass is 9.86. The second kappa shape index (κ2) is 11.4. The van der Waals surface area contributed by atoms with Crippen molar-refractivity contribution in [2.24, 2.45) is 11.7 Å². The summed E-state index contributed by atoms with van der Waals surface area (Å²) in [5.41, 5.74) is 5.97. The Bertz CT molecular complexity index is 635. The van der Waals surface area contributed by atoms with Gasteiger partial charge in [-0.25, -0.2) is 4.79 Å². The molecule has 0 aromatic heterocycles. The van der Waals surface area contributed by atoms with Crippen LogP contribution in [0.15, 0.2) is 0 Å². The van der Waals surface area contributed by atoms with E-state index in [1.54, 1.807) is 16.7 Å². The third-order valence-corrected chi connectivity index (χ3v) is 7.54. The lowest BCUT2D eigenvalue weighted by Crippen LogP contribution is -2.60. The molecule has 1 saturated heterocycles. The van der Waals surface area contributed by atoms with Crippen molar-refractivity contribution in [3.05, 3.63) is 0 Å². The van der Waals surface area contributed by atoms with Crippen molar-refractivity contribution in [1.82, 2.24) is 15.5 Å². The molecule has 0 spiro atoms. The summed E-state index contributed by atoms with van der Waals surface area (Å²) in [5, 5.41) is 6.05. The average molecular weight is 457 g/mol. The van der Waals surface area contributed by atoms with Crippen molar-refractivity contribution in [2.45, 2.75) is 94.3 Å². The maximum Gasteiger partial charge on any atom is 0.407 e. The minimum Gasteiger partial charge on any atom is -0.453 e. The maximum absolute atomic E-state index is 13.5. The van der Waals surface area contributed by atoms with Crippen LogP contribution in [0.3, 0.4) is 0 Å². The Kier molecular flexibility index (Phi) is 9.48. The number of amides is 3. The number of carbonyl (C=O) groups is 3. The molecule has 1 saturated carbocycles. The highest BCUT2D eigenvalue weighted by atomic mass is 32.2. The SMILES string of the molecule is COC(=O)N[C@@H](C(=O)N1CCC[C@H]1C(=O)NC[C@H]1CC[C@H](N)CC1)C(C)(C)SC(C)C. The van der Waals surface area contributed by atoms with Crippen LogP contribution in [0.5, 0.6) is 0 Å². The van der Waals surface area contributed by atoms with Crippen LogP contribution in [0.2, 0.25) is 0 Å². The molecule has 1 aliphatic carbocycles. The van der Waals surface area contributed by atoms with Crippen molar-refractivity contribution in [2.75, 3.05) is 20.2 Å². The van der Waals surface area contributed by atoms with E-state index in [0.29, 0.717) is 25.4 Å². The lowest BCUT2D eigenvalue weighted by molar-refractivity contribution is -0.140. The van der Waals surface area contributed by atoms with E-state index in [1.807, 2.05) is 13.8 Å². The quantitative estimate of drug-likeness (QED) is 0.516. The van der Waals surface area contributed by atoms with Gasteiger partial charge < -0.3 is 26.0 Å². The Morgan fingerprint density at radius 1 is 1.16 bits per heavy atom. The zero-order valence-electron chi connectivity index (χ0n) is 19.6. The van der Waals surface area contributed by atoms with Gasteiger partial charge in [0.1, 0.15) is 12.1 Å². The van der Waals surface area contributed by atoms with Crippen molar-refractivity contribution < 1.29 is 19.1 Å². The Morgan fingerprint density at radius 3 is 2.39 bits per heavy atom. The fourth-order valence-electron chi connectivity index (χ4n) is 4.61. The molecule has 2 rings (SSSR count). The van der Waals surface area contributed by atoms with Crippen LogP contribution in [0.4, 0.5) is 4.79 Å². The van der Waals surface area contributed by atoms with Crippen LogP contribution < -0.4 is 16.4 Å². The summed E-state index contributed by atoms with van der Waals surface area (Å²) >= 11 is 1.61. The van der Waals surface area contributed by atoms with Crippen LogP contribution >= 0.6 is 11.8 Å². The van der Waals surface area contributed by atoms with Crippen LogP contribution in [-0.2, 0) is 14.3 Å². The summed E-state index contributed by atoms with van der Waals surface area (Å²) in [6.07, 6.45) is 4.81. The topological polar surface area (TPSA) is 114 Å². The van der Waals surface area contributed by atoms with Gasteiger partial charge in [-0.3, -0.25) is 9.59 Å². The molecule has 0 aromatic rings. The summed E-state index contributed by atoms with van der Waals surface area (Å²) in [5.74, 6) is 0.112. The van der Waals surface area contributed by atoms with Crippen LogP contribution in [0.25, 0.3) is 0 Å². The van der Waals surface area contributed by atoms with Gasteiger partial charge in [0.05, 0.1) is 7.11 Å². The van der Waals surface area contributed by atoms with E-state index in [4.69, 9.17) is 10.5 Å². The van der Waals surface area contributed by atoms with Crippen molar-refractivity contribution >= 4 is 29.7 Å². The third kappa shape index (κ3) is 7.27. The van der Waals surface area contributed by atoms with Crippen molar-refractivity contribution in [1.29, 1.82) is 0 Å². The molecule has 2 atom stereocenters. The molecule has 0 bridgehead atoms. The minimum atomic E-state index is -0.791. The highest BCUT2D eigenvalue weighted by Gasteiger charge is 2.44. The highest BCUT2D eigenvalue weighted by molar-refractivity contribution is 8.01. The second-order valence-corrected chi connectivity index (χ2v) is 11.8. The third-order valence-electron chi connectivity index (χ3n) is 6.22. The molecular formula is C22H40N4O4S. The number of likely N-dealkylation sites (tertiary alicyclic amines) is 1. The van der Waals surface area contributed by atoms with Crippen LogP contribution in [0, 0.1) is 5.92 Å². The average Bonchev–Trinajstić information content (AvgIpc) is 3.19. The van der Waals surface area contributed by atoms with Crippen molar-refractivity contribution in [3.63, 3.8) is 0 Å². The zero-order valence-corrected chi connectivity index (χ0v) is 20.4. The fraction of sp³-hybridized carbons (Fsp3) is 0.864. The molecule has 2 fully saturated rings. The molecule has 4 N–H and O–H groups in total. The number of alkyl carbamates (subject to hydrolysis) is 1. The van der Waals surface area contributed by atoms with Crippen molar-refractivity contribution in [3.8, 4) is 0 Å². The minimum absolute atomic E-state index is 0.105. The van der Waals surface area contributed by atoms with Gasteiger partial charge in [0.25, 0.3) is 0 Å². The summed E-state index contributed by atoms with van der Waals surface area (Å²) < 4.78 is 4.20. The lowest BCUT2D eigenvalue weighted by Gasteiger charge is -2.37. The van der Waals surface area contributed by atoms with Gasteiger partial charge in [0.2, 0.25) is 11.8 Å². The molecule has 178 valence electrons. The van der Waals surface area contributed by atoms with Gasteiger partial charge in [-0.2, -0.15) is 11.8 Å². The summed E-state index contributed by atoms with van der Waals surface area (Å²) in [6, 6.07) is -1.01. The Labute approximate surface area is 190 Å². The zero-order chi connectivity index (χ0) is 23.2. The number of nitrogens with one attached hydrogen (secondary N) is 2. The number of rotatable bonds is 8. The van der Waals surface area contributed by atoms with Gasteiger partial charge >= 0.3 is 6.09 Å². The number of carbonyl (C=O) groups excluding carboxylic acids is 3. The number of hydrogen-bond donors (Lipinski definition) is 3. The monoisotopic (exact) mass is 456 g/mol. The number of ether oxygens (including phenoxy) is 1. The van der Waals surface area contributed by atoms with E-state index >= 15 is 0 Å². The van der Waals surface area contributed by atoms with E-state index in [0.717, 1.165) is 32.1 Å². The predicted molar refractivity (Wildman–Crippen MR) is 124 cm³/mol. The van der Waals surface area contributed by atoms with Gasteiger partial charge in [-0.05, 0) is 63.5 Å². The van der Waals surface area contributed by atoms with E-state index < -0.39 is 22.9 Å². The van der Waals surface area contributed by atoms with Gasteiger partial charge in [-0.1, -0.05) is 13.8 Å². The number of methoxy groups -OCH3 is 1. The number of hydrogen-bond acceptors (Lipinski definition) is 6. The molecular weight excluding hydrogens is 416 g/mol. The van der Waals surface area contributed by atoms with Gasteiger partial charge in [-0.15, -0.1) is 0 Å². The summed E-state index contributed by atoms with van der Waals surface area (Å²) in [4.78, 5) is 40.1. The standard InChI is InChI=1S/C22H40N4O4S/c1-14(2)31-22(3,4)18(25-21(29)30-5)20(28)26-12-6-7-17(26)19(27)24-13-15-8-10-16(23)11-9-15/h14-18H,6-13,23H2,1-5H3,(H,24,27)(H,25,29)/t15-,16-,17-,18-/m0/s1. The molecule has 0 unspecified atom stereocenters. The molecule has 1 heterocycles. The van der Waals surface area contributed by atoms with E-state index in [-0.39, 0.29) is 23.1 Å². The first kappa shape index (κ1) is 25.8. The highest BCUT2D eigenvalue weighted by Crippen LogP contribution is 2.34. The summed E-state index contributed by atoms with van der Waals surface area (Å²) in [7, 11) is 1.28. The molecule has 2 aliphatic rings. The van der Waals surface area contributed by atoms with Gasteiger partial charge in [0, 0.05) is 23.9 Å². The van der Waals surface area contributed by atoms with E-state index in [9.17, 15) is 14.4 Å². The molecule has 1 aliphatic heterocycles.